The van der Waals surface area contributed by atoms with E-state index in [2.05, 4.69) is 9.98 Å². The average Bonchev–Trinajstić information content (AvgIpc) is 3.20. The summed E-state index contributed by atoms with van der Waals surface area (Å²) in [6, 6.07) is 7.55. The highest BCUT2D eigenvalue weighted by Gasteiger charge is 2.63. The zero-order chi connectivity index (χ0) is 25.7. The Hall–Kier alpha value is -3.20. The molecule has 0 radical (unpaired) electrons. The first kappa shape index (κ1) is 24.5. The maximum Gasteiger partial charge on any atom is 0.224 e. The lowest BCUT2D eigenvalue weighted by Crippen LogP contribution is -2.39. The number of pyridine rings is 1. The van der Waals surface area contributed by atoms with Gasteiger partial charge >= 0.3 is 0 Å². The molecule has 0 bridgehead atoms. The quantitative estimate of drug-likeness (QED) is 0.550. The molecule has 2 atom stereocenters. The van der Waals surface area contributed by atoms with Crippen LogP contribution in [0.15, 0.2) is 52.7 Å². The third kappa shape index (κ3) is 4.09. The van der Waals surface area contributed by atoms with Crippen molar-refractivity contribution in [3.05, 3.63) is 70.3 Å². The van der Waals surface area contributed by atoms with Crippen LogP contribution < -0.4 is 10.5 Å². The van der Waals surface area contributed by atoms with E-state index in [9.17, 15) is 9.18 Å². The molecule has 36 heavy (non-hydrogen) atoms. The molecule has 1 aromatic heterocycles. The molecule has 188 valence electrons. The number of amidine groups is 1. The first-order valence-electron chi connectivity index (χ1n) is 11.9. The molecule has 0 unspecified atom stereocenters. The van der Waals surface area contributed by atoms with Crippen molar-refractivity contribution in [1.29, 1.82) is 0 Å². The van der Waals surface area contributed by atoms with Crippen LogP contribution in [0, 0.1) is 5.82 Å². The van der Waals surface area contributed by atoms with Crippen LogP contribution in [0.25, 0.3) is 11.9 Å². The smallest absolute Gasteiger partial charge is 0.224 e. The number of carbonyl (C=O) groups is 1. The Morgan fingerprint density at radius 3 is 2.69 bits per heavy atom. The second-order valence-electron chi connectivity index (χ2n) is 9.53. The fourth-order valence-electron chi connectivity index (χ4n) is 5.41. The summed E-state index contributed by atoms with van der Waals surface area (Å²) in [6.45, 7) is 5.31. The monoisotopic (exact) mass is 510 g/mol. The van der Waals surface area contributed by atoms with Crippen molar-refractivity contribution >= 4 is 34.7 Å². The number of halogens is 2. The Morgan fingerprint density at radius 1 is 1.28 bits per heavy atom. The molecule has 1 saturated heterocycles. The number of nitrogens with two attached hydrogens (primary N) is 1. The van der Waals surface area contributed by atoms with E-state index < -0.39 is 21.9 Å². The highest BCUT2D eigenvalue weighted by molar-refractivity contribution is 8.15. The van der Waals surface area contributed by atoms with Crippen LogP contribution in [0.1, 0.15) is 49.9 Å². The van der Waals surface area contributed by atoms with E-state index >= 15 is 4.39 Å². The number of rotatable bonds is 6. The highest BCUT2D eigenvalue weighted by atomic mass is 32.2. The Morgan fingerprint density at radius 2 is 2.03 bits per heavy atom. The Bertz CT molecular complexity index is 1320. The molecule has 1 amide bonds. The second kappa shape index (κ2) is 9.03. The average molecular weight is 511 g/mol. The topological polar surface area (TPSA) is 80.8 Å². The standard InChI is InChI=1S/C27H28F2N4O2S/c1-16-24-26(2,32-25(30)36-27(16,24)14-23(34)33-10-4-5-11-33)19-12-17(6-8-20(19)28)13-21(29)22-9-7-18(35-3)15-31-22/h6-9,12-13,15H,4-5,10-11,14H2,1-3H3,(H2,30,32)/b21-13-/t26-,27+/m1/s1. The predicted octanol–water partition coefficient (Wildman–Crippen LogP) is 5.06. The van der Waals surface area contributed by atoms with Crippen LogP contribution in [0.3, 0.4) is 0 Å². The van der Waals surface area contributed by atoms with E-state index in [-0.39, 0.29) is 18.0 Å². The second-order valence-corrected chi connectivity index (χ2v) is 10.9. The summed E-state index contributed by atoms with van der Waals surface area (Å²) < 4.78 is 34.7. The van der Waals surface area contributed by atoms with E-state index in [4.69, 9.17) is 10.5 Å². The van der Waals surface area contributed by atoms with Crippen molar-refractivity contribution in [3.63, 3.8) is 0 Å². The summed E-state index contributed by atoms with van der Waals surface area (Å²) in [7, 11) is 1.51. The van der Waals surface area contributed by atoms with Gasteiger partial charge in [0.25, 0.3) is 0 Å². The highest BCUT2D eigenvalue weighted by Crippen LogP contribution is 2.66. The Balaban J connectivity index is 1.47. The maximum absolute atomic E-state index is 15.3. The molecular weight excluding hydrogens is 482 g/mol. The van der Waals surface area contributed by atoms with Crippen LogP contribution in [0.4, 0.5) is 8.78 Å². The van der Waals surface area contributed by atoms with E-state index in [1.807, 2.05) is 18.7 Å². The van der Waals surface area contributed by atoms with E-state index in [1.54, 1.807) is 12.1 Å². The number of fused-ring (bicyclic) bond motifs is 1. The molecule has 0 saturated carbocycles. The largest absolute Gasteiger partial charge is 0.495 e. The van der Waals surface area contributed by atoms with Crippen molar-refractivity contribution in [2.45, 2.75) is 43.4 Å². The summed E-state index contributed by atoms with van der Waals surface area (Å²) in [6.07, 6.45) is 5.05. The van der Waals surface area contributed by atoms with Crippen molar-refractivity contribution in [2.24, 2.45) is 10.7 Å². The first-order chi connectivity index (χ1) is 17.2. The third-order valence-electron chi connectivity index (χ3n) is 7.31. The summed E-state index contributed by atoms with van der Waals surface area (Å²) >= 11 is 1.37. The van der Waals surface area contributed by atoms with Gasteiger partial charge in [0, 0.05) is 25.1 Å². The first-order valence-corrected chi connectivity index (χ1v) is 12.7. The predicted molar refractivity (Wildman–Crippen MR) is 139 cm³/mol. The van der Waals surface area contributed by atoms with Gasteiger partial charge in [0.15, 0.2) is 5.17 Å². The Kier molecular flexibility index (Phi) is 6.14. The number of hydrogen-bond acceptors (Lipinski definition) is 6. The van der Waals surface area contributed by atoms with Gasteiger partial charge in [0.1, 0.15) is 22.9 Å². The fraction of sp³-hybridized carbons (Fsp3) is 0.370. The zero-order valence-corrected chi connectivity index (χ0v) is 21.3. The lowest BCUT2D eigenvalue weighted by Gasteiger charge is -2.34. The number of methoxy groups -OCH3 is 1. The number of aliphatic imine (C=N–C) groups is 1. The number of thioether (sulfide) groups is 1. The number of benzene rings is 1. The number of nitrogens with zero attached hydrogens (tertiary/aromatic N) is 3. The number of aromatic nitrogens is 1. The van der Waals surface area contributed by atoms with Gasteiger partial charge in [-0.2, -0.15) is 0 Å². The Labute approximate surface area is 213 Å². The summed E-state index contributed by atoms with van der Waals surface area (Å²) in [5.74, 6) is -0.422. The van der Waals surface area contributed by atoms with Crippen LogP contribution in [0.5, 0.6) is 5.75 Å². The van der Waals surface area contributed by atoms with E-state index in [0.29, 0.717) is 22.0 Å². The van der Waals surface area contributed by atoms with Crippen molar-refractivity contribution < 1.29 is 18.3 Å². The maximum atomic E-state index is 15.3. The molecule has 1 aromatic carbocycles. The SMILES string of the molecule is COc1ccc(/C(F)=C/c2ccc(F)c([C@@]3(C)N=C(N)S[C@@]4(CC(=O)N5CCCC5)C(C)=C43)c2)nc1. The molecule has 2 aliphatic heterocycles. The summed E-state index contributed by atoms with van der Waals surface area (Å²) in [5.41, 5.74) is 7.97. The van der Waals surface area contributed by atoms with Crippen LogP contribution in [-0.2, 0) is 10.3 Å². The van der Waals surface area contributed by atoms with Crippen molar-refractivity contribution in [1.82, 2.24) is 9.88 Å². The minimum Gasteiger partial charge on any atom is -0.495 e. The minimum absolute atomic E-state index is 0.0811. The van der Waals surface area contributed by atoms with Gasteiger partial charge in [-0.1, -0.05) is 17.8 Å². The number of amides is 1. The number of ether oxygens (including phenoxy) is 1. The third-order valence-corrected chi connectivity index (χ3v) is 8.61. The van der Waals surface area contributed by atoms with Gasteiger partial charge in [-0.15, -0.1) is 0 Å². The molecule has 1 fully saturated rings. The molecular formula is C27H28F2N4O2S. The van der Waals surface area contributed by atoms with Gasteiger partial charge in [-0.25, -0.2) is 18.8 Å². The van der Waals surface area contributed by atoms with E-state index in [0.717, 1.165) is 37.1 Å². The summed E-state index contributed by atoms with van der Waals surface area (Å²) in [4.78, 5) is 23.6. The lowest BCUT2D eigenvalue weighted by molar-refractivity contribution is -0.130. The molecule has 3 aliphatic rings. The normalized spacial score (nSPS) is 25.5. The van der Waals surface area contributed by atoms with Crippen LogP contribution >= 0.6 is 11.8 Å². The molecule has 2 aromatic rings. The molecule has 3 heterocycles. The molecule has 0 spiro atoms. The summed E-state index contributed by atoms with van der Waals surface area (Å²) in [5, 5.41) is 0.307. The fourth-order valence-corrected chi connectivity index (χ4v) is 6.85. The van der Waals surface area contributed by atoms with Crippen LogP contribution in [-0.4, -0.2) is 45.9 Å². The number of likely N-dealkylation sites (tertiary alicyclic amines) is 1. The number of hydrogen-bond donors (Lipinski definition) is 1. The van der Waals surface area contributed by atoms with Gasteiger partial charge in [0.05, 0.1) is 23.7 Å². The molecule has 9 heteroatoms. The molecule has 1 aliphatic carbocycles. The lowest BCUT2D eigenvalue weighted by atomic mass is 9.85. The van der Waals surface area contributed by atoms with Crippen molar-refractivity contribution in [3.8, 4) is 5.75 Å². The molecule has 5 rings (SSSR count). The van der Waals surface area contributed by atoms with Gasteiger partial charge in [-0.3, -0.25) is 4.79 Å². The minimum atomic E-state index is -1.09. The zero-order valence-electron chi connectivity index (χ0n) is 20.5. The van der Waals surface area contributed by atoms with Crippen molar-refractivity contribution in [2.75, 3.05) is 20.2 Å². The van der Waals surface area contributed by atoms with Gasteiger partial charge in [0.2, 0.25) is 5.91 Å². The van der Waals surface area contributed by atoms with Gasteiger partial charge < -0.3 is 15.4 Å². The molecule has 2 N–H and O–H groups in total. The van der Waals surface area contributed by atoms with Crippen LogP contribution in [0.2, 0.25) is 0 Å². The van der Waals surface area contributed by atoms with E-state index in [1.165, 1.54) is 49.3 Å². The van der Waals surface area contributed by atoms with Gasteiger partial charge in [-0.05, 0) is 73.7 Å². The molecule has 6 nitrogen and oxygen atoms in total. The number of carbonyl (C=O) groups excluding carboxylic acids is 1.